The van der Waals surface area contributed by atoms with E-state index in [2.05, 4.69) is 15.3 Å². The molecular weight excluding hydrogens is 254 g/mol. The van der Waals surface area contributed by atoms with E-state index in [1.165, 1.54) is 0 Å². The Morgan fingerprint density at radius 2 is 1.90 bits per heavy atom. The summed E-state index contributed by atoms with van der Waals surface area (Å²) in [5, 5.41) is 17.9. The van der Waals surface area contributed by atoms with Crippen LogP contribution in [0.3, 0.4) is 0 Å². The summed E-state index contributed by atoms with van der Waals surface area (Å²) in [7, 11) is 0. The van der Waals surface area contributed by atoms with Gasteiger partial charge in [0.25, 0.3) is 0 Å². The predicted molar refractivity (Wildman–Crippen MR) is 73.5 cm³/mol. The molecule has 0 fully saturated rings. The van der Waals surface area contributed by atoms with Gasteiger partial charge in [0, 0.05) is 6.20 Å². The largest absolute Gasteiger partial charge is 0.390 e. The third kappa shape index (κ3) is 1.45. The van der Waals surface area contributed by atoms with Crippen LogP contribution < -0.4 is 0 Å². The fraction of sp³-hybridized carbons (Fsp3) is 0.0714. The van der Waals surface area contributed by atoms with Gasteiger partial charge in [-0.3, -0.25) is 4.40 Å². The van der Waals surface area contributed by atoms with Crippen molar-refractivity contribution in [3.63, 3.8) is 0 Å². The summed E-state index contributed by atoms with van der Waals surface area (Å²) >= 11 is 0. The Morgan fingerprint density at radius 1 is 1.05 bits per heavy atom. The third-order valence-electron chi connectivity index (χ3n) is 3.31. The molecule has 0 saturated carbocycles. The molecule has 6 heteroatoms. The fourth-order valence-electron chi connectivity index (χ4n) is 2.38. The van der Waals surface area contributed by atoms with E-state index in [1.807, 2.05) is 53.1 Å². The number of fused-ring (bicyclic) bond motifs is 2. The predicted octanol–water partition coefficient (Wildman–Crippen LogP) is 1.56. The van der Waals surface area contributed by atoms with E-state index in [9.17, 15) is 5.11 Å². The number of rotatable bonds is 2. The van der Waals surface area contributed by atoms with E-state index in [-0.39, 0.29) is 6.61 Å². The first kappa shape index (κ1) is 11.1. The highest BCUT2D eigenvalue weighted by molar-refractivity contribution is 5.76. The lowest BCUT2D eigenvalue weighted by Gasteiger charge is -2.01. The van der Waals surface area contributed by atoms with Gasteiger partial charge in [-0.25, -0.2) is 4.98 Å². The third-order valence-corrected chi connectivity index (χ3v) is 3.31. The Kier molecular flexibility index (Phi) is 2.30. The zero-order valence-electron chi connectivity index (χ0n) is 10.5. The molecule has 0 saturated heterocycles. The molecule has 3 heterocycles. The molecule has 0 unspecified atom stereocenters. The molecule has 6 nitrogen and oxygen atoms in total. The number of benzene rings is 1. The molecule has 0 aliphatic heterocycles. The lowest BCUT2D eigenvalue weighted by Crippen LogP contribution is -2.02. The quantitative estimate of drug-likeness (QED) is 0.597. The highest BCUT2D eigenvalue weighted by atomic mass is 16.3. The van der Waals surface area contributed by atoms with Gasteiger partial charge in [0.1, 0.15) is 11.2 Å². The van der Waals surface area contributed by atoms with Crippen molar-refractivity contribution in [1.29, 1.82) is 0 Å². The summed E-state index contributed by atoms with van der Waals surface area (Å²) in [5.41, 5.74) is 3.13. The molecule has 4 rings (SSSR count). The molecule has 0 bridgehead atoms. The highest BCUT2D eigenvalue weighted by Crippen LogP contribution is 2.20. The molecule has 1 N–H and O–H groups in total. The molecule has 0 aliphatic carbocycles. The van der Waals surface area contributed by atoms with Crippen molar-refractivity contribution in [1.82, 2.24) is 24.4 Å². The molecule has 0 aliphatic rings. The molecule has 1 aromatic carbocycles. The maximum atomic E-state index is 9.65. The van der Waals surface area contributed by atoms with Crippen LogP contribution in [-0.2, 0) is 6.61 Å². The number of imidazole rings is 1. The van der Waals surface area contributed by atoms with Gasteiger partial charge in [-0.2, -0.15) is 4.68 Å². The van der Waals surface area contributed by atoms with Crippen LogP contribution in [0.1, 0.15) is 5.69 Å². The normalized spacial score (nSPS) is 11.4. The van der Waals surface area contributed by atoms with Crippen LogP contribution >= 0.6 is 0 Å². The first-order valence-corrected chi connectivity index (χ1v) is 6.26. The molecule has 98 valence electrons. The first-order valence-electron chi connectivity index (χ1n) is 6.26. The first-order chi connectivity index (χ1) is 9.88. The minimum absolute atomic E-state index is 0.116. The van der Waals surface area contributed by atoms with E-state index in [0.29, 0.717) is 11.5 Å². The Balaban J connectivity index is 2.07. The van der Waals surface area contributed by atoms with Crippen molar-refractivity contribution >= 4 is 16.7 Å². The van der Waals surface area contributed by atoms with Crippen molar-refractivity contribution in [3.05, 3.63) is 54.4 Å². The van der Waals surface area contributed by atoms with Crippen LogP contribution in [0.15, 0.2) is 48.7 Å². The van der Waals surface area contributed by atoms with E-state index in [4.69, 9.17) is 0 Å². The van der Waals surface area contributed by atoms with Gasteiger partial charge in [-0.1, -0.05) is 23.4 Å². The van der Waals surface area contributed by atoms with Crippen LogP contribution in [0.2, 0.25) is 0 Å². The van der Waals surface area contributed by atoms with Crippen LogP contribution in [-0.4, -0.2) is 29.5 Å². The van der Waals surface area contributed by atoms with E-state index in [1.54, 1.807) is 4.68 Å². The van der Waals surface area contributed by atoms with Gasteiger partial charge >= 0.3 is 0 Å². The molecule has 4 aromatic rings. The number of hydrogen-bond donors (Lipinski definition) is 1. The Morgan fingerprint density at radius 3 is 2.80 bits per heavy atom. The number of aliphatic hydroxyl groups excluding tert-OH is 1. The molecule has 0 spiro atoms. The van der Waals surface area contributed by atoms with Crippen LogP contribution in [0.5, 0.6) is 0 Å². The van der Waals surface area contributed by atoms with Crippen LogP contribution in [0, 0.1) is 0 Å². The minimum atomic E-state index is -0.116. The molecule has 0 radical (unpaired) electrons. The van der Waals surface area contributed by atoms with Crippen molar-refractivity contribution in [2.45, 2.75) is 6.61 Å². The molecule has 20 heavy (non-hydrogen) atoms. The monoisotopic (exact) mass is 265 g/mol. The summed E-state index contributed by atoms with van der Waals surface area (Å²) in [4.78, 5) is 4.54. The summed E-state index contributed by atoms with van der Waals surface area (Å²) < 4.78 is 3.51. The van der Waals surface area contributed by atoms with E-state index < -0.39 is 0 Å². The Labute approximate surface area is 113 Å². The number of hydrogen-bond acceptors (Lipinski definition) is 4. The van der Waals surface area contributed by atoms with Gasteiger partial charge in [-0.05, 0) is 24.3 Å². The molecular formula is C14H11N5O. The van der Waals surface area contributed by atoms with Crippen LogP contribution in [0.25, 0.3) is 22.5 Å². The van der Waals surface area contributed by atoms with Gasteiger partial charge in [0.15, 0.2) is 5.82 Å². The maximum absolute atomic E-state index is 9.65. The Hall–Kier alpha value is -2.73. The smallest absolute Gasteiger partial charge is 0.180 e. The average molecular weight is 265 g/mol. The summed E-state index contributed by atoms with van der Waals surface area (Å²) in [6.07, 6.45) is 1.87. The van der Waals surface area contributed by atoms with Crippen molar-refractivity contribution in [2.24, 2.45) is 0 Å². The maximum Gasteiger partial charge on any atom is 0.180 e. The second-order valence-corrected chi connectivity index (χ2v) is 4.46. The van der Waals surface area contributed by atoms with Gasteiger partial charge < -0.3 is 5.11 Å². The zero-order valence-corrected chi connectivity index (χ0v) is 10.5. The second-order valence-electron chi connectivity index (χ2n) is 4.46. The highest BCUT2D eigenvalue weighted by Gasteiger charge is 2.16. The van der Waals surface area contributed by atoms with Gasteiger partial charge in [0.05, 0.1) is 17.8 Å². The Bertz CT molecular complexity index is 908. The average Bonchev–Trinajstić information content (AvgIpc) is 3.07. The van der Waals surface area contributed by atoms with Crippen molar-refractivity contribution in [3.8, 4) is 5.82 Å². The number of nitrogens with zero attached hydrogens (tertiary/aromatic N) is 5. The van der Waals surface area contributed by atoms with Gasteiger partial charge in [-0.15, -0.1) is 5.10 Å². The van der Waals surface area contributed by atoms with Crippen LogP contribution in [0.4, 0.5) is 0 Å². The summed E-state index contributed by atoms with van der Waals surface area (Å²) in [6, 6.07) is 13.4. The topological polar surface area (TPSA) is 68.2 Å². The lowest BCUT2D eigenvalue weighted by molar-refractivity contribution is 0.275. The molecule has 0 atom stereocenters. The van der Waals surface area contributed by atoms with Gasteiger partial charge in [0.2, 0.25) is 0 Å². The summed E-state index contributed by atoms with van der Waals surface area (Å²) in [6.45, 7) is -0.116. The lowest BCUT2D eigenvalue weighted by atomic mass is 10.3. The van der Waals surface area contributed by atoms with Crippen molar-refractivity contribution < 1.29 is 5.11 Å². The minimum Gasteiger partial charge on any atom is -0.390 e. The number of aromatic nitrogens is 5. The summed E-state index contributed by atoms with van der Waals surface area (Å²) in [5.74, 6) is 0.604. The fourth-order valence-corrected chi connectivity index (χ4v) is 2.38. The standard InChI is InChI=1S/C14H11N5O/c20-9-12-14(15-13-7-3-4-8-18(12)13)19-11-6-2-1-5-10(11)16-17-19/h1-8,20H,9H2. The second kappa shape index (κ2) is 4.14. The number of para-hydroxylation sites is 1. The van der Waals surface area contributed by atoms with Crippen molar-refractivity contribution in [2.75, 3.05) is 0 Å². The number of pyridine rings is 1. The van der Waals surface area contributed by atoms with E-state index in [0.717, 1.165) is 16.7 Å². The zero-order chi connectivity index (χ0) is 13.5. The molecule has 3 aromatic heterocycles. The number of aliphatic hydroxyl groups is 1. The van der Waals surface area contributed by atoms with E-state index >= 15 is 0 Å². The SMILES string of the molecule is OCc1c(-n2nnc3ccccc32)nc2ccccn12. The molecule has 0 amide bonds.